The molecule has 0 radical (unpaired) electrons. The van der Waals surface area contributed by atoms with Gasteiger partial charge in [-0.3, -0.25) is 37.3 Å². The molecule has 19 heteroatoms. The van der Waals surface area contributed by atoms with Crippen LogP contribution in [0.15, 0.2) is 207 Å². The zero-order valence-electron chi connectivity index (χ0n) is 67.8. The van der Waals surface area contributed by atoms with Gasteiger partial charge in [-0.2, -0.15) is 0 Å². The normalized spacial score (nSPS) is 14.9. The lowest BCUT2D eigenvalue weighted by molar-refractivity contribution is -0.161. The van der Waals surface area contributed by atoms with Crippen LogP contribution in [0.1, 0.15) is 285 Å². The number of hydrogen-bond donors (Lipinski definition) is 3. The summed E-state index contributed by atoms with van der Waals surface area (Å²) in [5.41, 5.74) is 0. The standard InChI is InChI=1S/C91H144O17P2/c1-5-9-13-17-21-25-29-33-37-41-42-46-48-52-56-60-64-68-72-76-89(94)102-82-87(108-91(96)78-74-70-66-62-58-54-50-45-40-36-32-28-24-20-16-12-8-4)84-106-110(99,100)104-80-85(92)79-103-109(97,98)105-83-86(107-90(95)77-73-69-65-61-57-53-49-44-39-35-31-27-23-19-15-11-7-3)81-101-88(93)75-71-67-63-59-55-51-47-43-38-34-30-26-22-18-14-10-6-2/h9-16,21-28,33-40,42,46-47,50-52,54,56,64,68,85-87,92H,5-8,17-20,29-32,41,43-45,48-49,53,55,57-63,65-67,69-84H2,1-4H3,(H,97,98)(H,99,100)/b13-9-,14-10-,15-11-,16-12-,25-21-,26-22-,27-23-,28-24-,37-33-,38-34-,39-35-,40-36-,46-42-,51-47-,54-50-,56-52-,68-64-. The molecule has 17 nitrogen and oxygen atoms in total. The summed E-state index contributed by atoms with van der Waals surface area (Å²) in [7, 11) is -10.0. The quantitative estimate of drug-likeness (QED) is 0.0169. The van der Waals surface area contributed by atoms with Crippen LogP contribution in [-0.2, 0) is 65.4 Å². The molecule has 0 saturated carbocycles. The summed E-state index contributed by atoms with van der Waals surface area (Å²) < 4.78 is 68.6. The van der Waals surface area contributed by atoms with Gasteiger partial charge in [0.15, 0.2) is 12.2 Å². The molecule has 0 aromatic heterocycles. The number of phosphoric acid groups is 2. The molecule has 0 spiro atoms. The first-order valence-electron chi connectivity index (χ1n) is 41.3. The Morgan fingerprint density at radius 2 is 0.464 bits per heavy atom. The predicted molar refractivity (Wildman–Crippen MR) is 454 cm³/mol. The number of unbranched alkanes of at least 4 members (excludes halogenated alkanes) is 15. The lowest BCUT2D eigenvalue weighted by Gasteiger charge is -2.21. The fraction of sp³-hybridized carbons (Fsp3) is 0.582. The topological polar surface area (TPSA) is 237 Å². The van der Waals surface area contributed by atoms with Gasteiger partial charge >= 0.3 is 39.5 Å². The Morgan fingerprint density at radius 1 is 0.255 bits per heavy atom. The van der Waals surface area contributed by atoms with Gasteiger partial charge in [-0.05, 0) is 173 Å². The molecule has 0 amide bonds. The van der Waals surface area contributed by atoms with Crippen molar-refractivity contribution in [2.24, 2.45) is 0 Å². The van der Waals surface area contributed by atoms with Crippen LogP contribution in [0.5, 0.6) is 0 Å². The number of hydrogen-bond acceptors (Lipinski definition) is 15. The van der Waals surface area contributed by atoms with E-state index in [1.54, 1.807) is 0 Å². The second kappa shape index (κ2) is 80.7. The molecule has 5 atom stereocenters. The number of aliphatic hydroxyl groups excluding tert-OH is 1. The maximum absolute atomic E-state index is 13.1. The minimum Gasteiger partial charge on any atom is -0.462 e. The van der Waals surface area contributed by atoms with Gasteiger partial charge in [0.1, 0.15) is 19.3 Å². The van der Waals surface area contributed by atoms with Crippen LogP contribution < -0.4 is 0 Å². The lowest BCUT2D eigenvalue weighted by atomic mass is 10.1. The maximum atomic E-state index is 13.1. The van der Waals surface area contributed by atoms with Gasteiger partial charge in [0.25, 0.3) is 0 Å². The van der Waals surface area contributed by atoms with E-state index in [0.29, 0.717) is 32.1 Å². The van der Waals surface area contributed by atoms with Crippen molar-refractivity contribution in [1.29, 1.82) is 0 Å². The Kier molecular flexibility index (Phi) is 76.0. The first-order valence-corrected chi connectivity index (χ1v) is 44.3. The molecule has 5 unspecified atom stereocenters. The number of ether oxygens (including phenoxy) is 4. The molecule has 0 saturated heterocycles. The molecule has 0 aliphatic heterocycles. The second-order valence-corrected chi connectivity index (χ2v) is 29.4. The van der Waals surface area contributed by atoms with E-state index in [2.05, 4.69) is 216 Å². The molecule has 110 heavy (non-hydrogen) atoms. The summed E-state index contributed by atoms with van der Waals surface area (Å²) in [4.78, 5) is 73.2. The third-order valence-corrected chi connectivity index (χ3v) is 18.1. The average molecular weight is 1570 g/mol. The zero-order chi connectivity index (χ0) is 80.3. The highest BCUT2D eigenvalue weighted by atomic mass is 31.2. The van der Waals surface area contributed by atoms with E-state index in [0.717, 1.165) is 199 Å². The van der Waals surface area contributed by atoms with Crippen molar-refractivity contribution in [3.8, 4) is 0 Å². The van der Waals surface area contributed by atoms with Gasteiger partial charge in [0, 0.05) is 25.7 Å². The maximum Gasteiger partial charge on any atom is 0.472 e. The van der Waals surface area contributed by atoms with E-state index in [1.807, 2.05) is 18.2 Å². The Labute approximate surface area is 665 Å². The van der Waals surface area contributed by atoms with Gasteiger partial charge in [-0.15, -0.1) is 0 Å². The molecule has 0 heterocycles. The summed E-state index contributed by atoms with van der Waals surface area (Å²) in [6.45, 7) is 4.25. The molecule has 0 rings (SSSR count). The van der Waals surface area contributed by atoms with Crippen LogP contribution in [0.3, 0.4) is 0 Å². The van der Waals surface area contributed by atoms with Crippen molar-refractivity contribution in [3.63, 3.8) is 0 Å². The van der Waals surface area contributed by atoms with E-state index in [9.17, 15) is 43.2 Å². The average Bonchev–Trinajstić information content (AvgIpc) is 0.906. The fourth-order valence-electron chi connectivity index (χ4n) is 10.1. The monoisotopic (exact) mass is 1570 g/mol. The summed E-state index contributed by atoms with van der Waals surface area (Å²) in [6.07, 6.45) is 101. The van der Waals surface area contributed by atoms with Crippen molar-refractivity contribution in [2.75, 3.05) is 39.6 Å². The Morgan fingerprint density at radius 3 is 0.736 bits per heavy atom. The second-order valence-electron chi connectivity index (χ2n) is 26.5. The smallest absolute Gasteiger partial charge is 0.462 e. The molecule has 3 N–H and O–H groups in total. The predicted octanol–water partition coefficient (Wildman–Crippen LogP) is 24.7. The van der Waals surface area contributed by atoms with Crippen molar-refractivity contribution in [2.45, 2.75) is 303 Å². The molecule has 0 aliphatic rings. The van der Waals surface area contributed by atoms with Crippen LogP contribution in [0.4, 0.5) is 0 Å². The Hall–Kier alpha value is -6.36. The fourth-order valence-corrected chi connectivity index (χ4v) is 11.7. The SMILES string of the molecule is CC/C=C\C/C=C\C/C=C\C/C=C\C/C=C\C/C=C\CCC(=O)OCC(COP(=O)(O)OCC(O)COP(=O)(O)OCC(COC(=O)CCCCCC/C=C\C/C=C\C/C=C\C/C=C\CC)OC(=O)CCCCCCCCC/C=C\C/C=C\C/C=C\CC)OC(=O)CCCCCC/C=C\C/C=C\C/C=C\C/C=C\CC. The highest BCUT2D eigenvalue weighted by Gasteiger charge is 2.30. The molecule has 0 aliphatic carbocycles. The van der Waals surface area contributed by atoms with E-state index in [1.165, 1.54) is 0 Å². The van der Waals surface area contributed by atoms with Gasteiger partial charge in [-0.1, -0.05) is 292 Å². The third kappa shape index (κ3) is 79.7. The molecule has 0 bridgehead atoms. The number of aliphatic hydroxyl groups is 1. The van der Waals surface area contributed by atoms with Crippen LogP contribution in [0.2, 0.25) is 0 Å². The van der Waals surface area contributed by atoms with Gasteiger partial charge in [0.05, 0.1) is 26.4 Å². The summed E-state index contributed by atoms with van der Waals surface area (Å²) in [6, 6.07) is 0. The van der Waals surface area contributed by atoms with Crippen molar-refractivity contribution in [3.05, 3.63) is 207 Å². The van der Waals surface area contributed by atoms with Gasteiger partial charge in [0.2, 0.25) is 0 Å². The molecule has 0 aromatic rings. The summed E-state index contributed by atoms with van der Waals surface area (Å²) >= 11 is 0. The first-order chi connectivity index (χ1) is 53.7. The number of rotatable bonds is 75. The van der Waals surface area contributed by atoms with E-state index in [4.69, 9.17) is 37.0 Å². The zero-order valence-corrected chi connectivity index (χ0v) is 69.6. The van der Waals surface area contributed by atoms with E-state index in [-0.39, 0.29) is 25.7 Å². The number of allylic oxidation sites excluding steroid dienone is 34. The number of phosphoric ester groups is 2. The van der Waals surface area contributed by atoms with Gasteiger partial charge < -0.3 is 33.8 Å². The van der Waals surface area contributed by atoms with Crippen LogP contribution in [0, 0.1) is 0 Å². The van der Waals surface area contributed by atoms with Crippen LogP contribution >= 0.6 is 15.6 Å². The van der Waals surface area contributed by atoms with Crippen molar-refractivity contribution in [1.82, 2.24) is 0 Å². The first kappa shape index (κ1) is 104. The molecule has 620 valence electrons. The minimum atomic E-state index is -5.02. The third-order valence-electron chi connectivity index (χ3n) is 16.2. The van der Waals surface area contributed by atoms with Crippen molar-refractivity contribution < 1.29 is 80.2 Å². The number of carbonyl (C=O) groups excluding carboxylic acids is 4. The number of esters is 4. The minimum absolute atomic E-state index is 0.0216. The molecule has 0 fully saturated rings. The molecule has 0 aromatic carbocycles. The van der Waals surface area contributed by atoms with Crippen LogP contribution in [-0.4, -0.2) is 96.7 Å². The lowest BCUT2D eigenvalue weighted by Crippen LogP contribution is -2.30. The Bertz CT molecular complexity index is 2900. The van der Waals surface area contributed by atoms with E-state index >= 15 is 0 Å². The largest absolute Gasteiger partial charge is 0.472 e. The molecular formula is C91H144O17P2. The Balaban J connectivity index is 5.53. The van der Waals surface area contributed by atoms with Gasteiger partial charge in [-0.25, -0.2) is 9.13 Å². The number of carbonyl (C=O) groups is 4. The molecular weight excluding hydrogens is 1430 g/mol. The van der Waals surface area contributed by atoms with E-state index < -0.39 is 97.5 Å². The summed E-state index contributed by atoms with van der Waals surface area (Å²) in [5.74, 6) is -2.36. The summed E-state index contributed by atoms with van der Waals surface area (Å²) in [5, 5.41) is 10.7. The van der Waals surface area contributed by atoms with Crippen LogP contribution in [0.25, 0.3) is 0 Å². The highest BCUT2D eigenvalue weighted by Crippen LogP contribution is 2.45. The van der Waals surface area contributed by atoms with Crippen molar-refractivity contribution >= 4 is 39.5 Å². The highest BCUT2D eigenvalue weighted by molar-refractivity contribution is 7.47.